The molecule has 4 nitrogen and oxygen atoms in total. The summed E-state index contributed by atoms with van der Waals surface area (Å²) in [5.74, 6) is 0. The SMILES string of the molecule is C=CCOC(=O)NC(C#N)c1ccccc1Cl. The van der Waals surface area contributed by atoms with Crippen LogP contribution in [0, 0.1) is 11.3 Å². The van der Waals surface area contributed by atoms with Crippen LogP contribution in [0.1, 0.15) is 11.6 Å². The molecule has 1 rings (SSSR count). The predicted octanol–water partition coefficient (Wildman–Crippen LogP) is 2.82. The molecule has 0 saturated heterocycles. The Kier molecular flexibility index (Phi) is 5.05. The Hall–Kier alpha value is -1.99. The maximum Gasteiger partial charge on any atom is 0.408 e. The summed E-state index contributed by atoms with van der Waals surface area (Å²) in [6.45, 7) is 3.50. The highest BCUT2D eigenvalue weighted by molar-refractivity contribution is 6.31. The molecule has 0 heterocycles. The van der Waals surface area contributed by atoms with Gasteiger partial charge in [0.2, 0.25) is 0 Å². The molecule has 0 aliphatic rings. The van der Waals surface area contributed by atoms with Crippen molar-refractivity contribution in [1.82, 2.24) is 5.32 Å². The smallest absolute Gasteiger partial charge is 0.408 e. The quantitative estimate of drug-likeness (QED) is 0.836. The molecule has 0 aromatic heterocycles. The number of nitrogens with zero attached hydrogens (tertiary/aromatic N) is 1. The topological polar surface area (TPSA) is 62.1 Å². The number of hydrogen-bond donors (Lipinski definition) is 1. The molecular formula is C12H11ClN2O2. The fourth-order valence-corrected chi connectivity index (χ4v) is 1.43. The second-order valence-electron chi connectivity index (χ2n) is 3.12. The number of halogens is 1. The van der Waals surface area contributed by atoms with E-state index in [9.17, 15) is 4.79 Å². The summed E-state index contributed by atoms with van der Waals surface area (Å²) >= 11 is 5.93. The molecule has 1 aromatic carbocycles. The van der Waals surface area contributed by atoms with Crippen LogP contribution in [-0.4, -0.2) is 12.7 Å². The molecule has 1 amide bonds. The van der Waals surface area contributed by atoms with E-state index >= 15 is 0 Å². The summed E-state index contributed by atoms with van der Waals surface area (Å²) < 4.78 is 4.72. The lowest BCUT2D eigenvalue weighted by Crippen LogP contribution is -2.28. The van der Waals surface area contributed by atoms with Crippen molar-refractivity contribution < 1.29 is 9.53 Å². The number of benzene rings is 1. The van der Waals surface area contributed by atoms with Crippen molar-refractivity contribution in [3.05, 3.63) is 47.5 Å². The van der Waals surface area contributed by atoms with E-state index in [0.29, 0.717) is 10.6 Å². The van der Waals surface area contributed by atoms with Crippen LogP contribution in [0.4, 0.5) is 4.79 Å². The minimum absolute atomic E-state index is 0.0898. The molecule has 1 unspecified atom stereocenters. The van der Waals surface area contributed by atoms with Gasteiger partial charge in [0.1, 0.15) is 12.6 Å². The first kappa shape index (κ1) is 13.1. The Morgan fingerprint density at radius 1 is 1.65 bits per heavy atom. The third kappa shape index (κ3) is 3.82. The van der Waals surface area contributed by atoms with Gasteiger partial charge in [0.25, 0.3) is 0 Å². The Morgan fingerprint density at radius 2 is 2.35 bits per heavy atom. The van der Waals surface area contributed by atoms with E-state index in [0.717, 1.165) is 0 Å². The summed E-state index contributed by atoms with van der Waals surface area (Å²) in [7, 11) is 0. The number of nitrogens with one attached hydrogen (secondary N) is 1. The lowest BCUT2D eigenvalue weighted by atomic mass is 10.1. The van der Waals surface area contributed by atoms with Crippen LogP contribution in [0.3, 0.4) is 0 Å². The maximum atomic E-state index is 11.3. The third-order valence-corrected chi connectivity index (χ3v) is 2.28. The normalized spacial score (nSPS) is 11.1. The average molecular weight is 251 g/mol. The van der Waals surface area contributed by atoms with Gasteiger partial charge in [-0.3, -0.25) is 0 Å². The highest BCUT2D eigenvalue weighted by Gasteiger charge is 2.16. The second kappa shape index (κ2) is 6.56. The monoisotopic (exact) mass is 250 g/mol. The van der Waals surface area contributed by atoms with Crippen molar-refractivity contribution in [2.24, 2.45) is 0 Å². The first-order valence-electron chi connectivity index (χ1n) is 4.87. The Balaban J connectivity index is 2.74. The van der Waals surface area contributed by atoms with Crippen LogP contribution in [0.5, 0.6) is 0 Å². The third-order valence-electron chi connectivity index (χ3n) is 1.94. The molecular weight excluding hydrogens is 240 g/mol. The zero-order valence-corrected chi connectivity index (χ0v) is 9.78. The van der Waals surface area contributed by atoms with Gasteiger partial charge < -0.3 is 10.1 Å². The van der Waals surface area contributed by atoms with E-state index in [1.807, 2.05) is 6.07 Å². The molecule has 0 radical (unpaired) electrons. The largest absolute Gasteiger partial charge is 0.445 e. The zero-order valence-electron chi connectivity index (χ0n) is 9.02. The zero-order chi connectivity index (χ0) is 12.7. The van der Waals surface area contributed by atoms with Crippen molar-refractivity contribution in [2.45, 2.75) is 6.04 Å². The van der Waals surface area contributed by atoms with Crippen LogP contribution in [0.25, 0.3) is 0 Å². The lowest BCUT2D eigenvalue weighted by Gasteiger charge is -2.12. The predicted molar refractivity (Wildman–Crippen MR) is 64.5 cm³/mol. The fourth-order valence-electron chi connectivity index (χ4n) is 1.18. The fraction of sp³-hybridized carbons (Fsp3) is 0.167. The maximum absolute atomic E-state index is 11.3. The molecule has 0 aliphatic carbocycles. The summed E-state index contributed by atoms with van der Waals surface area (Å²) in [4.78, 5) is 11.3. The minimum atomic E-state index is -0.832. The van der Waals surface area contributed by atoms with Crippen molar-refractivity contribution >= 4 is 17.7 Å². The number of nitriles is 1. The number of carbonyl (C=O) groups is 1. The summed E-state index contributed by atoms with van der Waals surface area (Å²) in [5, 5.41) is 11.8. The van der Waals surface area contributed by atoms with E-state index in [4.69, 9.17) is 21.6 Å². The summed E-state index contributed by atoms with van der Waals surface area (Å²) in [6, 6.07) is 7.92. The van der Waals surface area contributed by atoms with Crippen molar-refractivity contribution in [3.63, 3.8) is 0 Å². The number of carbonyl (C=O) groups excluding carboxylic acids is 1. The molecule has 5 heteroatoms. The molecule has 1 aromatic rings. The van der Waals surface area contributed by atoms with Crippen LogP contribution >= 0.6 is 11.6 Å². The van der Waals surface area contributed by atoms with E-state index in [2.05, 4.69) is 11.9 Å². The number of ether oxygens (including phenoxy) is 1. The summed E-state index contributed by atoms with van der Waals surface area (Å²) in [5.41, 5.74) is 0.534. The molecule has 17 heavy (non-hydrogen) atoms. The van der Waals surface area contributed by atoms with E-state index in [1.54, 1.807) is 24.3 Å². The highest BCUT2D eigenvalue weighted by Crippen LogP contribution is 2.22. The molecule has 1 N–H and O–H groups in total. The van der Waals surface area contributed by atoms with Gasteiger partial charge in [-0.05, 0) is 6.07 Å². The van der Waals surface area contributed by atoms with Gasteiger partial charge in [-0.15, -0.1) is 0 Å². The van der Waals surface area contributed by atoms with Gasteiger partial charge >= 0.3 is 6.09 Å². The van der Waals surface area contributed by atoms with Crippen molar-refractivity contribution in [2.75, 3.05) is 6.61 Å². The van der Waals surface area contributed by atoms with Gasteiger partial charge in [-0.2, -0.15) is 5.26 Å². The molecule has 88 valence electrons. The number of alkyl carbamates (subject to hydrolysis) is 1. The number of hydrogen-bond acceptors (Lipinski definition) is 3. The van der Waals surface area contributed by atoms with Crippen LogP contribution in [-0.2, 0) is 4.74 Å². The van der Waals surface area contributed by atoms with Crippen LogP contribution in [0.15, 0.2) is 36.9 Å². The van der Waals surface area contributed by atoms with Crippen LogP contribution in [0.2, 0.25) is 5.02 Å². The molecule has 0 bridgehead atoms. The molecule has 1 atom stereocenters. The molecule has 0 aliphatic heterocycles. The Labute approximate surface area is 104 Å². The Morgan fingerprint density at radius 3 is 2.94 bits per heavy atom. The standard InChI is InChI=1S/C12H11ClN2O2/c1-2-7-17-12(16)15-11(8-14)9-5-3-4-6-10(9)13/h2-6,11H,1,7H2,(H,15,16). The number of amides is 1. The van der Waals surface area contributed by atoms with Gasteiger partial charge in [-0.25, -0.2) is 4.79 Å². The van der Waals surface area contributed by atoms with Gasteiger partial charge in [0.05, 0.1) is 6.07 Å². The van der Waals surface area contributed by atoms with Crippen molar-refractivity contribution in [1.29, 1.82) is 5.26 Å². The van der Waals surface area contributed by atoms with E-state index < -0.39 is 12.1 Å². The highest BCUT2D eigenvalue weighted by atomic mass is 35.5. The molecule has 0 spiro atoms. The van der Waals surface area contributed by atoms with Crippen LogP contribution < -0.4 is 5.32 Å². The van der Waals surface area contributed by atoms with Gasteiger partial charge in [0.15, 0.2) is 0 Å². The molecule has 0 fully saturated rings. The summed E-state index contributed by atoms with van der Waals surface area (Å²) in [6.07, 6.45) is 0.757. The average Bonchev–Trinajstić information content (AvgIpc) is 2.34. The second-order valence-corrected chi connectivity index (χ2v) is 3.52. The minimum Gasteiger partial charge on any atom is -0.445 e. The number of rotatable bonds is 4. The van der Waals surface area contributed by atoms with Gasteiger partial charge in [-0.1, -0.05) is 42.5 Å². The first-order chi connectivity index (χ1) is 8.19. The van der Waals surface area contributed by atoms with Gasteiger partial charge in [0, 0.05) is 10.6 Å². The Bertz CT molecular complexity index is 454. The van der Waals surface area contributed by atoms with E-state index in [1.165, 1.54) is 6.08 Å². The van der Waals surface area contributed by atoms with Crippen molar-refractivity contribution in [3.8, 4) is 6.07 Å². The first-order valence-corrected chi connectivity index (χ1v) is 5.25. The van der Waals surface area contributed by atoms with E-state index in [-0.39, 0.29) is 6.61 Å². The lowest BCUT2D eigenvalue weighted by molar-refractivity contribution is 0.156. The molecule has 0 saturated carbocycles.